The Bertz CT molecular complexity index is 471. The van der Waals surface area contributed by atoms with Gasteiger partial charge in [0, 0.05) is 6.54 Å². The number of hydrogen-bond donors (Lipinski definition) is 2. The lowest BCUT2D eigenvalue weighted by atomic mass is 9.96. The van der Waals surface area contributed by atoms with E-state index in [-0.39, 0.29) is 5.56 Å². The number of nitrogens with zero attached hydrogens (tertiary/aromatic N) is 1. The number of hydrogen-bond acceptors (Lipinski definition) is 3. The number of halogens is 1. The van der Waals surface area contributed by atoms with Crippen molar-refractivity contribution in [1.82, 2.24) is 4.90 Å². The molecule has 1 fully saturated rings. The number of nitrogens with one attached hydrogen (secondary N) is 1. The number of likely N-dealkylation sites (tertiary alicyclic amines) is 1. The first-order valence-electron chi connectivity index (χ1n) is 7.09. The molecule has 1 heterocycles. The Hall–Kier alpha value is -1.62. The summed E-state index contributed by atoms with van der Waals surface area (Å²) in [5.74, 6) is -1.06. The summed E-state index contributed by atoms with van der Waals surface area (Å²) in [7, 11) is 0. The number of carboxylic acid groups (broad SMARTS) is 1. The van der Waals surface area contributed by atoms with E-state index in [4.69, 9.17) is 5.11 Å². The summed E-state index contributed by atoms with van der Waals surface area (Å²) in [6.07, 6.45) is 2.24. The SMILES string of the molecule is CCN1CCC(CNc2ccc(C(=O)O)cc2F)CC1. The molecule has 0 aliphatic carbocycles. The molecule has 4 nitrogen and oxygen atoms in total. The van der Waals surface area contributed by atoms with E-state index in [0.717, 1.165) is 45.1 Å². The van der Waals surface area contributed by atoms with Gasteiger partial charge in [0.05, 0.1) is 11.3 Å². The van der Waals surface area contributed by atoms with Gasteiger partial charge in [0.1, 0.15) is 5.82 Å². The second-order valence-electron chi connectivity index (χ2n) is 5.26. The molecule has 2 rings (SSSR count). The van der Waals surface area contributed by atoms with Crippen molar-refractivity contribution < 1.29 is 14.3 Å². The third-order valence-corrected chi connectivity index (χ3v) is 3.95. The molecule has 1 saturated heterocycles. The van der Waals surface area contributed by atoms with Crippen LogP contribution in [0.15, 0.2) is 18.2 Å². The van der Waals surface area contributed by atoms with Crippen molar-refractivity contribution in [2.24, 2.45) is 5.92 Å². The Morgan fingerprint density at radius 1 is 1.45 bits per heavy atom. The zero-order chi connectivity index (χ0) is 14.5. The molecule has 110 valence electrons. The molecule has 0 radical (unpaired) electrons. The third-order valence-electron chi connectivity index (χ3n) is 3.95. The summed E-state index contributed by atoms with van der Waals surface area (Å²) in [6.45, 7) is 6.19. The van der Waals surface area contributed by atoms with Gasteiger partial charge >= 0.3 is 5.97 Å². The van der Waals surface area contributed by atoms with Gasteiger partial charge in [-0.3, -0.25) is 0 Å². The van der Waals surface area contributed by atoms with Crippen LogP contribution in [0.1, 0.15) is 30.1 Å². The first-order valence-corrected chi connectivity index (χ1v) is 7.09. The zero-order valence-corrected chi connectivity index (χ0v) is 11.7. The number of anilines is 1. The third kappa shape index (κ3) is 3.70. The first-order chi connectivity index (χ1) is 9.60. The zero-order valence-electron chi connectivity index (χ0n) is 11.7. The number of benzene rings is 1. The van der Waals surface area contributed by atoms with Gasteiger partial charge in [-0.1, -0.05) is 6.92 Å². The molecule has 1 aromatic rings. The maximum atomic E-state index is 13.7. The van der Waals surface area contributed by atoms with Gasteiger partial charge in [-0.25, -0.2) is 9.18 Å². The Morgan fingerprint density at radius 3 is 2.70 bits per heavy atom. The highest BCUT2D eigenvalue weighted by atomic mass is 19.1. The van der Waals surface area contributed by atoms with Crippen molar-refractivity contribution in [3.63, 3.8) is 0 Å². The van der Waals surface area contributed by atoms with Gasteiger partial charge in [-0.05, 0) is 56.6 Å². The van der Waals surface area contributed by atoms with E-state index < -0.39 is 11.8 Å². The van der Waals surface area contributed by atoms with Crippen LogP contribution in [-0.4, -0.2) is 42.2 Å². The fourth-order valence-electron chi connectivity index (χ4n) is 2.55. The molecule has 2 N–H and O–H groups in total. The molecule has 0 atom stereocenters. The Balaban J connectivity index is 1.87. The predicted octanol–water partition coefficient (Wildman–Crippen LogP) is 2.67. The van der Waals surface area contributed by atoms with Crippen LogP contribution in [-0.2, 0) is 0 Å². The van der Waals surface area contributed by atoms with Crippen LogP contribution < -0.4 is 5.32 Å². The van der Waals surface area contributed by atoms with E-state index in [2.05, 4.69) is 17.1 Å². The second-order valence-corrected chi connectivity index (χ2v) is 5.26. The van der Waals surface area contributed by atoms with Gasteiger partial charge in [-0.15, -0.1) is 0 Å². The number of aromatic carboxylic acids is 1. The molecule has 1 aromatic carbocycles. The van der Waals surface area contributed by atoms with Crippen molar-refractivity contribution in [2.45, 2.75) is 19.8 Å². The molecular weight excluding hydrogens is 259 g/mol. The van der Waals surface area contributed by atoms with E-state index in [1.165, 1.54) is 12.1 Å². The van der Waals surface area contributed by atoms with Gasteiger partial charge in [0.2, 0.25) is 0 Å². The second kappa shape index (κ2) is 6.70. The van der Waals surface area contributed by atoms with Crippen LogP contribution in [0.25, 0.3) is 0 Å². The van der Waals surface area contributed by atoms with Crippen LogP contribution in [0.2, 0.25) is 0 Å². The van der Waals surface area contributed by atoms with Crippen molar-refractivity contribution >= 4 is 11.7 Å². The molecule has 0 amide bonds. The summed E-state index contributed by atoms with van der Waals surface area (Å²) in [5.41, 5.74) is 0.359. The van der Waals surface area contributed by atoms with Crippen LogP contribution in [0.3, 0.4) is 0 Å². The van der Waals surface area contributed by atoms with Crippen LogP contribution in [0.5, 0.6) is 0 Å². The number of carboxylic acids is 1. The smallest absolute Gasteiger partial charge is 0.335 e. The van der Waals surface area contributed by atoms with E-state index in [1.54, 1.807) is 0 Å². The van der Waals surface area contributed by atoms with Crippen molar-refractivity contribution in [2.75, 3.05) is 31.5 Å². The molecule has 20 heavy (non-hydrogen) atoms. The molecule has 0 aromatic heterocycles. The van der Waals surface area contributed by atoms with E-state index in [0.29, 0.717) is 11.6 Å². The van der Waals surface area contributed by atoms with Crippen LogP contribution >= 0.6 is 0 Å². The highest BCUT2D eigenvalue weighted by Crippen LogP contribution is 2.20. The summed E-state index contributed by atoms with van der Waals surface area (Å²) in [6, 6.07) is 3.98. The molecule has 5 heteroatoms. The molecule has 0 saturated carbocycles. The fourth-order valence-corrected chi connectivity index (χ4v) is 2.55. The molecular formula is C15H21FN2O2. The minimum Gasteiger partial charge on any atom is -0.478 e. The average molecular weight is 280 g/mol. The standard InChI is InChI=1S/C15H21FN2O2/c1-2-18-7-5-11(6-8-18)10-17-14-4-3-12(15(19)20)9-13(14)16/h3-4,9,11,17H,2,5-8,10H2,1H3,(H,19,20). The average Bonchev–Trinajstić information content (AvgIpc) is 2.46. The summed E-state index contributed by atoms with van der Waals surface area (Å²) in [4.78, 5) is 13.2. The largest absolute Gasteiger partial charge is 0.478 e. The monoisotopic (exact) mass is 280 g/mol. The fraction of sp³-hybridized carbons (Fsp3) is 0.533. The minimum absolute atomic E-state index is 0.0238. The number of carbonyl (C=O) groups is 1. The quantitative estimate of drug-likeness (QED) is 0.870. The van der Waals surface area contributed by atoms with Gasteiger partial charge < -0.3 is 15.3 Å². The van der Waals surface area contributed by atoms with Crippen molar-refractivity contribution in [1.29, 1.82) is 0 Å². The molecule has 0 spiro atoms. The topological polar surface area (TPSA) is 52.6 Å². The minimum atomic E-state index is -1.11. The van der Waals surface area contributed by atoms with E-state index in [1.807, 2.05) is 0 Å². The molecule has 1 aliphatic heterocycles. The Morgan fingerprint density at radius 2 is 2.15 bits per heavy atom. The summed E-state index contributed by atoms with van der Waals surface area (Å²) in [5, 5.41) is 11.9. The summed E-state index contributed by atoms with van der Waals surface area (Å²) >= 11 is 0. The molecule has 1 aliphatic rings. The van der Waals surface area contributed by atoms with Crippen molar-refractivity contribution in [3.8, 4) is 0 Å². The normalized spacial score (nSPS) is 17.1. The lowest BCUT2D eigenvalue weighted by Crippen LogP contribution is -2.35. The number of piperidine rings is 1. The molecule has 0 bridgehead atoms. The number of rotatable bonds is 5. The lowest BCUT2D eigenvalue weighted by molar-refractivity contribution is 0.0696. The van der Waals surface area contributed by atoms with Crippen LogP contribution in [0, 0.1) is 11.7 Å². The maximum Gasteiger partial charge on any atom is 0.335 e. The Kier molecular flexibility index (Phi) is 4.95. The highest BCUT2D eigenvalue weighted by Gasteiger charge is 2.18. The summed E-state index contributed by atoms with van der Waals surface area (Å²) < 4.78 is 13.7. The van der Waals surface area contributed by atoms with Crippen LogP contribution in [0.4, 0.5) is 10.1 Å². The predicted molar refractivity (Wildman–Crippen MR) is 76.7 cm³/mol. The first kappa shape index (κ1) is 14.8. The van der Waals surface area contributed by atoms with Gasteiger partial charge in [-0.2, -0.15) is 0 Å². The van der Waals surface area contributed by atoms with Crippen molar-refractivity contribution in [3.05, 3.63) is 29.6 Å². The lowest BCUT2D eigenvalue weighted by Gasteiger charge is -2.31. The Labute approximate surface area is 118 Å². The van der Waals surface area contributed by atoms with E-state index >= 15 is 0 Å². The van der Waals surface area contributed by atoms with Gasteiger partial charge in [0.15, 0.2) is 0 Å². The molecule has 0 unspecified atom stereocenters. The van der Waals surface area contributed by atoms with Gasteiger partial charge in [0.25, 0.3) is 0 Å². The highest BCUT2D eigenvalue weighted by molar-refractivity contribution is 5.88. The van der Waals surface area contributed by atoms with E-state index in [9.17, 15) is 9.18 Å². The maximum absolute atomic E-state index is 13.7.